The third kappa shape index (κ3) is 6.21. The van der Waals surface area contributed by atoms with E-state index in [0.717, 1.165) is 36.4 Å². The number of nitrogens with zero attached hydrogens (tertiary/aromatic N) is 2. The van der Waals surface area contributed by atoms with Crippen LogP contribution >= 0.6 is 0 Å². The molecule has 1 aliphatic rings. The number of rotatable bonds is 7. The van der Waals surface area contributed by atoms with Crippen molar-refractivity contribution in [2.75, 3.05) is 36.4 Å². The first-order chi connectivity index (χ1) is 16.9. The highest BCUT2D eigenvalue weighted by Crippen LogP contribution is 2.22. The Kier molecular flexibility index (Phi) is 7.70. The smallest absolute Gasteiger partial charge is 0.255 e. The molecule has 0 saturated carbocycles. The summed E-state index contributed by atoms with van der Waals surface area (Å²) in [5.74, 6) is 0.595. The minimum atomic E-state index is -0.175. The van der Waals surface area contributed by atoms with Crippen LogP contribution in [0, 0.1) is 0 Å². The fourth-order valence-electron chi connectivity index (χ4n) is 4.17. The quantitative estimate of drug-likeness (QED) is 0.511. The first-order valence-electron chi connectivity index (χ1n) is 12.2. The molecule has 0 aromatic heterocycles. The Labute approximate surface area is 207 Å². The highest BCUT2D eigenvalue weighted by atomic mass is 16.5. The SMILES string of the molecule is CCc1ccc(C(=O)N2CCN(c3ccc(NC(=O)c4cccc(OC(C)C)c4)cc3)CC2)cc1. The van der Waals surface area contributed by atoms with Gasteiger partial charge in [-0.2, -0.15) is 0 Å². The van der Waals surface area contributed by atoms with Gasteiger partial charge in [0.05, 0.1) is 6.10 Å². The molecule has 1 saturated heterocycles. The molecule has 0 spiro atoms. The van der Waals surface area contributed by atoms with Crippen LogP contribution in [-0.4, -0.2) is 49.0 Å². The molecule has 0 radical (unpaired) electrons. The van der Waals surface area contributed by atoms with Gasteiger partial charge in [-0.05, 0) is 80.4 Å². The van der Waals surface area contributed by atoms with Crippen molar-refractivity contribution in [3.63, 3.8) is 0 Å². The van der Waals surface area contributed by atoms with E-state index in [1.165, 1.54) is 5.56 Å². The second kappa shape index (κ2) is 11.1. The highest BCUT2D eigenvalue weighted by molar-refractivity contribution is 6.04. The van der Waals surface area contributed by atoms with Gasteiger partial charge in [-0.15, -0.1) is 0 Å². The third-order valence-corrected chi connectivity index (χ3v) is 6.13. The molecular formula is C29H33N3O3. The average Bonchev–Trinajstić information content (AvgIpc) is 2.88. The van der Waals surface area contributed by atoms with Crippen LogP contribution in [0.1, 0.15) is 47.1 Å². The number of nitrogens with one attached hydrogen (secondary N) is 1. The third-order valence-electron chi connectivity index (χ3n) is 6.13. The van der Waals surface area contributed by atoms with Crippen molar-refractivity contribution in [1.82, 2.24) is 4.90 Å². The molecule has 0 atom stereocenters. The maximum absolute atomic E-state index is 12.8. The molecule has 2 amide bonds. The van der Waals surface area contributed by atoms with Gasteiger partial charge in [0.25, 0.3) is 11.8 Å². The molecule has 3 aromatic carbocycles. The number of hydrogen-bond acceptors (Lipinski definition) is 4. The molecule has 182 valence electrons. The van der Waals surface area contributed by atoms with E-state index in [1.54, 1.807) is 12.1 Å². The molecule has 3 aromatic rings. The van der Waals surface area contributed by atoms with E-state index in [0.29, 0.717) is 24.4 Å². The van der Waals surface area contributed by atoms with Gasteiger partial charge < -0.3 is 19.9 Å². The van der Waals surface area contributed by atoms with E-state index >= 15 is 0 Å². The van der Waals surface area contributed by atoms with Gasteiger partial charge >= 0.3 is 0 Å². The van der Waals surface area contributed by atoms with Crippen molar-refractivity contribution in [3.8, 4) is 5.75 Å². The Balaban J connectivity index is 1.31. The maximum Gasteiger partial charge on any atom is 0.255 e. The summed E-state index contributed by atoms with van der Waals surface area (Å²) < 4.78 is 5.68. The number of carbonyl (C=O) groups is 2. The maximum atomic E-state index is 12.8. The molecule has 6 heteroatoms. The number of aryl methyl sites for hydroxylation is 1. The summed E-state index contributed by atoms with van der Waals surface area (Å²) in [5.41, 5.74) is 4.35. The Hall–Kier alpha value is -3.80. The van der Waals surface area contributed by atoms with Crippen LogP contribution in [0.25, 0.3) is 0 Å². The second-order valence-electron chi connectivity index (χ2n) is 9.03. The number of piperazine rings is 1. The Morgan fingerprint density at radius 1 is 0.886 bits per heavy atom. The summed E-state index contributed by atoms with van der Waals surface area (Å²) in [4.78, 5) is 29.7. The monoisotopic (exact) mass is 471 g/mol. The van der Waals surface area contributed by atoms with Crippen molar-refractivity contribution >= 4 is 23.2 Å². The van der Waals surface area contributed by atoms with Gasteiger partial charge in [-0.3, -0.25) is 9.59 Å². The van der Waals surface area contributed by atoms with E-state index in [9.17, 15) is 9.59 Å². The van der Waals surface area contributed by atoms with Crippen molar-refractivity contribution < 1.29 is 14.3 Å². The van der Waals surface area contributed by atoms with Crippen LogP contribution in [0.3, 0.4) is 0 Å². The van der Waals surface area contributed by atoms with E-state index in [2.05, 4.69) is 17.1 Å². The zero-order valence-corrected chi connectivity index (χ0v) is 20.7. The molecule has 0 bridgehead atoms. The molecule has 1 aliphatic heterocycles. The van der Waals surface area contributed by atoms with Crippen LogP contribution in [0.4, 0.5) is 11.4 Å². The summed E-state index contributed by atoms with van der Waals surface area (Å²) >= 11 is 0. The van der Waals surface area contributed by atoms with Crippen LogP contribution in [0.2, 0.25) is 0 Å². The highest BCUT2D eigenvalue weighted by Gasteiger charge is 2.22. The summed E-state index contributed by atoms with van der Waals surface area (Å²) in [6.45, 7) is 8.93. The summed E-state index contributed by atoms with van der Waals surface area (Å²) in [6.07, 6.45) is 1.02. The molecule has 1 fully saturated rings. The molecule has 6 nitrogen and oxygen atoms in total. The largest absolute Gasteiger partial charge is 0.491 e. The van der Waals surface area contributed by atoms with Crippen molar-refractivity contribution in [1.29, 1.82) is 0 Å². The van der Waals surface area contributed by atoms with Gasteiger partial charge in [0.2, 0.25) is 0 Å². The number of hydrogen-bond donors (Lipinski definition) is 1. The van der Waals surface area contributed by atoms with Gasteiger partial charge in [-0.1, -0.05) is 25.1 Å². The van der Waals surface area contributed by atoms with E-state index in [1.807, 2.05) is 79.4 Å². The van der Waals surface area contributed by atoms with E-state index < -0.39 is 0 Å². The Morgan fingerprint density at radius 2 is 1.57 bits per heavy atom. The van der Waals surface area contributed by atoms with Gasteiger partial charge in [0.15, 0.2) is 0 Å². The number of carbonyl (C=O) groups excluding carboxylic acids is 2. The molecule has 1 N–H and O–H groups in total. The summed E-state index contributed by atoms with van der Waals surface area (Å²) in [5, 5.41) is 2.95. The van der Waals surface area contributed by atoms with Crippen molar-refractivity contribution in [2.45, 2.75) is 33.3 Å². The van der Waals surface area contributed by atoms with Gasteiger partial charge in [0.1, 0.15) is 5.75 Å². The fraction of sp³-hybridized carbons (Fsp3) is 0.310. The Bertz CT molecular complexity index is 1150. The van der Waals surface area contributed by atoms with Crippen molar-refractivity contribution in [3.05, 3.63) is 89.5 Å². The van der Waals surface area contributed by atoms with Crippen LogP contribution < -0.4 is 15.0 Å². The lowest BCUT2D eigenvalue weighted by molar-refractivity contribution is 0.0746. The number of amides is 2. The molecule has 4 rings (SSSR count). The zero-order valence-electron chi connectivity index (χ0n) is 20.7. The van der Waals surface area contributed by atoms with Crippen LogP contribution in [-0.2, 0) is 6.42 Å². The summed E-state index contributed by atoms with van der Waals surface area (Å²) in [6, 6.07) is 22.9. The average molecular weight is 472 g/mol. The Morgan fingerprint density at radius 3 is 2.20 bits per heavy atom. The van der Waals surface area contributed by atoms with Crippen LogP contribution in [0.15, 0.2) is 72.8 Å². The van der Waals surface area contributed by atoms with E-state index in [4.69, 9.17) is 4.74 Å². The van der Waals surface area contributed by atoms with Crippen molar-refractivity contribution in [2.24, 2.45) is 0 Å². The summed E-state index contributed by atoms with van der Waals surface area (Å²) in [7, 11) is 0. The first kappa shape index (κ1) is 24.3. The van der Waals surface area contributed by atoms with Gasteiger partial charge in [0, 0.05) is 48.7 Å². The fourth-order valence-corrected chi connectivity index (χ4v) is 4.17. The lowest BCUT2D eigenvalue weighted by Crippen LogP contribution is -2.48. The number of anilines is 2. The van der Waals surface area contributed by atoms with E-state index in [-0.39, 0.29) is 17.9 Å². The predicted molar refractivity (Wildman–Crippen MR) is 141 cm³/mol. The topological polar surface area (TPSA) is 61.9 Å². The molecular weight excluding hydrogens is 438 g/mol. The number of benzene rings is 3. The normalized spacial score (nSPS) is 13.6. The molecule has 0 unspecified atom stereocenters. The van der Waals surface area contributed by atoms with Crippen LogP contribution in [0.5, 0.6) is 5.75 Å². The lowest BCUT2D eigenvalue weighted by Gasteiger charge is -2.36. The minimum absolute atomic E-state index is 0.0492. The standard InChI is InChI=1S/C29H33N3O3/c1-4-22-8-10-23(11-9-22)29(34)32-18-16-31(17-19-32)26-14-12-25(13-15-26)30-28(33)24-6-5-7-27(20-24)35-21(2)3/h5-15,20-21H,4,16-19H2,1-3H3,(H,30,33). The van der Waals surface area contributed by atoms with Gasteiger partial charge in [-0.25, -0.2) is 0 Å². The second-order valence-corrected chi connectivity index (χ2v) is 9.03. The zero-order chi connectivity index (χ0) is 24.8. The number of ether oxygens (including phenoxy) is 1. The first-order valence-corrected chi connectivity index (χ1v) is 12.2. The molecule has 1 heterocycles. The predicted octanol–water partition coefficient (Wildman–Crippen LogP) is 5.25. The lowest BCUT2D eigenvalue weighted by atomic mass is 10.1. The minimum Gasteiger partial charge on any atom is -0.491 e. The molecule has 0 aliphatic carbocycles. The molecule has 35 heavy (non-hydrogen) atoms.